The van der Waals surface area contributed by atoms with E-state index in [9.17, 15) is 14.4 Å². The van der Waals surface area contributed by atoms with Gasteiger partial charge in [-0.25, -0.2) is 0 Å². The van der Waals surface area contributed by atoms with Crippen LogP contribution in [0.1, 0.15) is 297 Å². The van der Waals surface area contributed by atoms with Gasteiger partial charge in [0, 0.05) is 19.3 Å². The number of rotatable bonds is 53. The molecule has 0 N–H and O–H groups in total. The molecule has 0 spiro atoms. The predicted molar refractivity (Wildman–Crippen MR) is 293 cm³/mol. The van der Waals surface area contributed by atoms with Gasteiger partial charge in [0.25, 0.3) is 0 Å². The van der Waals surface area contributed by atoms with Gasteiger partial charge in [-0.15, -0.1) is 0 Å². The lowest BCUT2D eigenvalue weighted by atomic mass is 10.0. The van der Waals surface area contributed by atoms with Gasteiger partial charge < -0.3 is 14.2 Å². The molecule has 0 saturated heterocycles. The first-order valence-corrected chi connectivity index (χ1v) is 29.3. The average Bonchev–Trinajstić information content (AvgIpc) is 3.34. The van der Waals surface area contributed by atoms with E-state index in [1.165, 1.54) is 161 Å². The van der Waals surface area contributed by atoms with Crippen LogP contribution in [0.5, 0.6) is 0 Å². The molecule has 0 aliphatic rings. The molecule has 6 nitrogen and oxygen atoms in total. The highest BCUT2D eigenvalue weighted by molar-refractivity contribution is 5.71. The van der Waals surface area contributed by atoms with Crippen LogP contribution in [-0.2, 0) is 28.6 Å². The molecule has 0 amide bonds. The summed E-state index contributed by atoms with van der Waals surface area (Å²) in [7, 11) is 0. The summed E-state index contributed by atoms with van der Waals surface area (Å²) in [6, 6.07) is 0. The van der Waals surface area contributed by atoms with Gasteiger partial charge in [0.15, 0.2) is 6.10 Å². The van der Waals surface area contributed by atoms with Crippen LogP contribution in [0.25, 0.3) is 0 Å². The highest BCUT2D eigenvalue weighted by Crippen LogP contribution is 2.16. The maximum Gasteiger partial charge on any atom is 0.306 e. The van der Waals surface area contributed by atoms with E-state index in [1.54, 1.807) is 0 Å². The molecule has 0 aromatic heterocycles. The third-order valence-corrected chi connectivity index (χ3v) is 12.8. The summed E-state index contributed by atoms with van der Waals surface area (Å²) in [5.41, 5.74) is 0. The van der Waals surface area contributed by atoms with Crippen molar-refractivity contribution in [2.24, 2.45) is 0 Å². The van der Waals surface area contributed by atoms with Gasteiger partial charge in [-0.3, -0.25) is 14.4 Å². The fourth-order valence-corrected chi connectivity index (χ4v) is 8.37. The Morgan fingerprint density at radius 1 is 0.309 bits per heavy atom. The minimum absolute atomic E-state index is 0.0811. The third kappa shape index (κ3) is 54.1. The van der Waals surface area contributed by atoms with Crippen molar-refractivity contribution in [3.8, 4) is 0 Å². The predicted octanol–water partition coefficient (Wildman–Crippen LogP) is 19.6. The maximum atomic E-state index is 12.9. The summed E-state index contributed by atoms with van der Waals surface area (Å²) < 4.78 is 16.9. The molecule has 0 aromatic carbocycles. The number of hydrogen-bond acceptors (Lipinski definition) is 6. The molecule has 68 heavy (non-hydrogen) atoms. The molecule has 0 fully saturated rings. The molecule has 0 aliphatic carbocycles. The van der Waals surface area contributed by atoms with Crippen LogP contribution in [0.2, 0.25) is 0 Å². The Hall–Kier alpha value is -2.89. The highest BCUT2D eigenvalue weighted by atomic mass is 16.6. The average molecular weight is 952 g/mol. The molecule has 0 heterocycles. The van der Waals surface area contributed by atoms with Crippen molar-refractivity contribution in [1.29, 1.82) is 0 Å². The van der Waals surface area contributed by atoms with Crippen molar-refractivity contribution in [3.63, 3.8) is 0 Å². The number of ether oxygens (including phenoxy) is 3. The fourth-order valence-electron chi connectivity index (χ4n) is 8.37. The number of hydrogen-bond donors (Lipinski definition) is 0. The van der Waals surface area contributed by atoms with Crippen molar-refractivity contribution in [1.82, 2.24) is 0 Å². The Kier molecular flexibility index (Phi) is 54.3. The first-order valence-electron chi connectivity index (χ1n) is 29.3. The zero-order valence-electron chi connectivity index (χ0n) is 45.1. The van der Waals surface area contributed by atoms with E-state index >= 15 is 0 Å². The van der Waals surface area contributed by atoms with Crippen molar-refractivity contribution < 1.29 is 28.6 Å². The molecular weight excluding hydrogens is 841 g/mol. The van der Waals surface area contributed by atoms with E-state index in [0.717, 1.165) is 96.3 Å². The van der Waals surface area contributed by atoms with Gasteiger partial charge in [0.05, 0.1) is 0 Å². The summed E-state index contributed by atoms with van der Waals surface area (Å²) in [6.07, 6.45) is 70.6. The van der Waals surface area contributed by atoms with Gasteiger partial charge in [-0.2, -0.15) is 0 Å². The highest BCUT2D eigenvalue weighted by Gasteiger charge is 2.19. The standard InChI is InChI=1S/C62H110O6/c1-4-7-10-13-16-19-22-25-28-31-34-37-40-43-46-49-52-55-61(64)67-58-59(57-66-60(63)54-51-48-45-42-39-36-33-30-27-24-21-18-15-12-9-6-3)68-62(65)56-53-50-47-44-41-38-35-32-29-26-23-20-17-14-11-8-5-2/h7,10,16,19,25-26,28-29,34,37,59H,4-6,8-9,11-15,17-18,20-24,27,30-33,35-36,38-58H2,1-3H3/b10-7-,19-16-,28-25-,29-26-,37-34-. The zero-order valence-corrected chi connectivity index (χ0v) is 45.1. The second-order valence-electron chi connectivity index (χ2n) is 19.5. The van der Waals surface area contributed by atoms with Crippen LogP contribution >= 0.6 is 0 Å². The lowest BCUT2D eigenvalue weighted by molar-refractivity contribution is -0.167. The van der Waals surface area contributed by atoms with E-state index < -0.39 is 6.10 Å². The Balaban J connectivity index is 4.40. The minimum Gasteiger partial charge on any atom is -0.462 e. The molecule has 0 saturated carbocycles. The molecule has 0 aliphatic heterocycles. The van der Waals surface area contributed by atoms with Gasteiger partial charge in [-0.05, 0) is 83.5 Å². The number of carbonyl (C=O) groups excluding carboxylic acids is 3. The van der Waals surface area contributed by atoms with E-state index in [1.807, 2.05) is 0 Å². The molecule has 1 atom stereocenters. The smallest absolute Gasteiger partial charge is 0.306 e. The fraction of sp³-hybridized carbons (Fsp3) is 0.790. The van der Waals surface area contributed by atoms with E-state index in [2.05, 4.69) is 81.5 Å². The second-order valence-corrected chi connectivity index (χ2v) is 19.5. The molecule has 0 radical (unpaired) electrons. The Morgan fingerprint density at radius 3 is 0.912 bits per heavy atom. The SMILES string of the molecule is CC/C=C\C/C=C\C/C=C\C/C=C\CCCCCCC(=O)OCC(COC(=O)CCCCCCCCCCCCCCCCCC)OC(=O)CCCCCCCCC/C=C\CCCCCCCC. The Morgan fingerprint density at radius 2 is 0.574 bits per heavy atom. The number of allylic oxidation sites excluding steroid dienone is 10. The zero-order chi connectivity index (χ0) is 49.3. The molecular formula is C62H110O6. The first kappa shape index (κ1) is 65.1. The molecule has 6 heteroatoms. The third-order valence-electron chi connectivity index (χ3n) is 12.8. The van der Waals surface area contributed by atoms with Gasteiger partial charge in [0.2, 0.25) is 0 Å². The number of esters is 3. The van der Waals surface area contributed by atoms with Gasteiger partial charge >= 0.3 is 17.9 Å². The van der Waals surface area contributed by atoms with Crippen LogP contribution in [-0.4, -0.2) is 37.2 Å². The number of unbranched alkanes of at least 4 members (excludes halogenated alkanes) is 32. The summed E-state index contributed by atoms with van der Waals surface area (Å²) in [6.45, 7) is 6.53. The summed E-state index contributed by atoms with van der Waals surface area (Å²) >= 11 is 0. The monoisotopic (exact) mass is 951 g/mol. The van der Waals surface area contributed by atoms with Crippen LogP contribution in [0.4, 0.5) is 0 Å². The molecule has 1 unspecified atom stereocenters. The van der Waals surface area contributed by atoms with Gasteiger partial charge in [0.1, 0.15) is 13.2 Å². The molecule has 394 valence electrons. The van der Waals surface area contributed by atoms with Crippen LogP contribution in [0.15, 0.2) is 60.8 Å². The van der Waals surface area contributed by atoms with Crippen LogP contribution < -0.4 is 0 Å². The van der Waals surface area contributed by atoms with Gasteiger partial charge in [-0.1, -0.05) is 255 Å². The van der Waals surface area contributed by atoms with E-state index in [0.29, 0.717) is 19.3 Å². The van der Waals surface area contributed by atoms with E-state index in [4.69, 9.17) is 14.2 Å². The summed E-state index contributed by atoms with van der Waals surface area (Å²) in [4.78, 5) is 38.2. The number of carbonyl (C=O) groups is 3. The molecule has 0 bridgehead atoms. The second kappa shape index (κ2) is 56.7. The van der Waals surface area contributed by atoms with Crippen molar-refractivity contribution in [2.75, 3.05) is 13.2 Å². The van der Waals surface area contributed by atoms with Crippen molar-refractivity contribution in [2.45, 2.75) is 303 Å². The Labute approximate surface area is 421 Å². The van der Waals surface area contributed by atoms with Crippen LogP contribution in [0.3, 0.4) is 0 Å². The Bertz CT molecular complexity index is 1230. The minimum atomic E-state index is -0.785. The molecule has 0 aromatic rings. The normalized spacial score (nSPS) is 12.5. The first-order chi connectivity index (χ1) is 33.5. The van der Waals surface area contributed by atoms with Crippen molar-refractivity contribution in [3.05, 3.63) is 60.8 Å². The summed E-state index contributed by atoms with van der Waals surface area (Å²) in [5, 5.41) is 0. The maximum absolute atomic E-state index is 12.9. The molecule has 0 rings (SSSR count). The quantitative estimate of drug-likeness (QED) is 0.0262. The lowest BCUT2D eigenvalue weighted by Crippen LogP contribution is -2.30. The topological polar surface area (TPSA) is 78.9 Å². The van der Waals surface area contributed by atoms with Crippen molar-refractivity contribution >= 4 is 17.9 Å². The summed E-state index contributed by atoms with van der Waals surface area (Å²) in [5.74, 6) is -0.896. The lowest BCUT2D eigenvalue weighted by Gasteiger charge is -2.18. The largest absolute Gasteiger partial charge is 0.462 e. The van der Waals surface area contributed by atoms with Crippen LogP contribution in [0, 0.1) is 0 Å². The van der Waals surface area contributed by atoms with E-state index in [-0.39, 0.29) is 31.1 Å².